The first-order valence-corrected chi connectivity index (χ1v) is 6.29. The van der Waals surface area contributed by atoms with Crippen molar-refractivity contribution in [1.82, 2.24) is 15.3 Å². The number of nitrogens with one attached hydrogen (secondary N) is 3. The van der Waals surface area contributed by atoms with Crippen LogP contribution in [0, 0.1) is 10.1 Å². The number of aromatic amines is 1. The highest BCUT2D eigenvalue weighted by Gasteiger charge is 2.23. The lowest BCUT2D eigenvalue weighted by Gasteiger charge is -2.03. The maximum atomic E-state index is 11.5. The highest BCUT2D eigenvalue weighted by Crippen LogP contribution is 2.20. The molecule has 0 unspecified atom stereocenters. The molecule has 3 rings (SSSR count). The molecule has 0 bridgehead atoms. The molecule has 2 aromatic rings. The summed E-state index contributed by atoms with van der Waals surface area (Å²) in [7, 11) is 0. The molecular formula is C12H13N5O3. The number of rotatable bonds is 5. The van der Waals surface area contributed by atoms with Crippen molar-refractivity contribution in [2.24, 2.45) is 0 Å². The van der Waals surface area contributed by atoms with Crippen LogP contribution >= 0.6 is 0 Å². The van der Waals surface area contributed by atoms with Gasteiger partial charge in [0.2, 0.25) is 11.9 Å². The van der Waals surface area contributed by atoms with Crippen LogP contribution in [0.1, 0.15) is 12.8 Å². The van der Waals surface area contributed by atoms with E-state index in [0.29, 0.717) is 23.0 Å². The van der Waals surface area contributed by atoms with Crippen molar-refractivity contribution >= 4 is 28.6 Å². The second-order valence-electron chi connectivity index (χ2n) is 4.74. The third-order valence-corrected chi connectivity index (χ3v) is 3.04. The number of nitro groups is 1. The number of non-ortho nitro benzene ring substituents is 1. The highest BCUT2D eigenvalue weighted by atomic mass is 16.6. The molecule has 1 aromatic heterocycles. The van der Waals surface area contributed by atoms with E-state index in [1.54, 1.807) is 6.07 Å². The number of nitrogens with zero attached hydrogens (tertiary/aromatic N) is 2. The van der Waals surface area contributed by atoms with Crippen molar-refractivity contribution in [1.29, 1.82) is 0 Å². The third kappa shape index (κ3) is 2.68. The van der Waals surface area contributed by atoms with E-state index in [4.69, 9.17) is 0 Å². The van der Waals surface area contributed by atoms with E-state index in [9.17, 15) is 14.9 Å². The molecule has 0 spiro atoms. The molecule has 1 aromatic carbocycles. The minimum atomic E-state index is -0.462. The zero-order valence-electron chi connectivity index (χ0n) is 10.5. The first-order chi connectivity index (χ1) is 9.61. The van der Waals surface area contributed by atoms with Crippen LogP contribution in [0.2, 0.25) is 0 Å². The van der Waals surface area contributed by atoms with Gasteiger partial charge >= 0.3 is 0 Å². The Morgan fingerprint density at radius 2 is 2.30 bits per heavy atom. The van der Waals surface area contributed by atoms with Crippen LogP contribution in [0.15, 0.2) is 18.2 Å². The average Bonchev–Trinajstić information content (AvgIpc) is 3.12. The van der Waals surface area contributed by atoms with E-state index < -0.39 is 4.92 Å². The Morgan fingerprint density at radius 3 is 3.00 bits per heavy atom. The molecule has 104 valence electrons. The Kier molecular flexibility index (Phi) is 2.97. The average molecular weight is 275 g/mol. The van der Waals surface area contributed by atoms with Crippen LogP contribution in [-0.2, 0) is 4.79 Å². The van der Waals surface area contributed by atoms with E-state index in [1.807, 2.05) is 0 Å². The molecule has 8 heteroatoms. The van der Waals surface area contributed by atoms with Crippen LogP contribution in [0.3, 0.4) is 0 Å². The van der Waals surface area contributed by atoms with E-state index in [2.05, 4.69) is 20.6 Å². The van der Waals surface area contributed by atoms with E-state index in [1.165, 1.54) is 12.1 Å². The number of carbonyl (C=O) groups excluding carboxylic acids is 1. The maximum Gasteiger partial charge on any atom is 0.271 e. The molecular weight excluding hydrogens is 262 g/mol. The van der Waals surface area contributed by atoms with Gasteiger partial charge in [-0.15, -0.1) is 0 Å². The van der Waals surface area contributed by atoms with Crippen LogP contribution in [-0.4, -0.2) is 33.4 Å². The molecule has 0 atom stereocenters. The molecule has 20 heavy (non-hydrogen) atoms. The summed E-state index contributed by atoms with van der Waals surface area (Å²) < 4.78 is 0. The minimum absolute atomic E-state index is 0.000763. The Labute approximate surface area is 113 Å². The third-order valence-electron chi connectivity index (χ3n) is 3.04. The molecule has 1 fully saturated rings. The van der Waals surface area contributed by atoms with Crippen LogP contribution in [0.4, 0.5) is 11.6 Å². The second kappa shape index (κ2) is 4.80. The van der Waals surface area contributed by atoms with E-state index in [-0.39, 0.29) is 18.1 Å². The van der Waals surface area contributed by atoms with Gasteiger partial charge in [0.1, 0.15) is 0 Å². The van der Waals surface area contributed by atoms with Gasteiger partial charge in [0.05, 0.1) is 22.5 Å². The van der Waals surface area contributed by atoms with Gasteiger partial charge in [-0.05, 0) is 18.9 Å². The first-order valence-electron chi connectivity index (χ1n) is 6.29. The first kappa shape index (κ1) is 12.4. The van der Waals surface area contributed by atoms with Crippen LogP contribution in [0.25, 0.3) is 11.0 Å². The lowest BCUT2D eigenvalue weighted by Crippen LogP contribution is -2.31. The van der Waals surface area contributed by atoms with Crippen molar-refractivity contribution in [3.8, 4) is 0 Å². The standard InChI is InChI=1S/C12H13N5O3/c18-11(14-7-1-2-7)6-13-12-15-9-4-3-8(17(19)20)5-10(9)16-12/h3-5,7H,1-2,6H2,(H,14,18)(H2,13,15,16). The van der Waals surface area contributed by atoms with Gasteiger partial charge in [-0.1, -0.05) is 0 Å². The molecule has 1 aliphatic carbocycles. The van der Waals surface area contributed by atoms with Crippen molar-refractivity contribution in [3.05, 3.63) is 28.3 Å². The molecule has 1 aliphatic rings. The number of carbonyl (C=O) groups is 1. The van der Waals surface area contributed by atoms with Gasteiger partial charge in [-0.2, -0.15) is 0 Å². The SMILES string of the molecule is O=C(CNc1nc2ccc([N+](=O)[O-])cc2[nH]1)NC1CC1. The zero-order valence-corrected chi connectivity index (χ0v) is 10.5. The van der Waals surface area contributed by atoms with Crippen molar-refractivity contribution in [2.75, 3.05) is 11.9 Å². The normalized spacial score (nSPS) is 14.2. The number of benzene rings is 1. The molecule has 1 heterocycles. The topological polar surface area (TPSA) is 113 Å². The number of nitro benzene ring substituents is 1. The fourth-order valence-electron chi connectivity index (χ4n) is 1.87. The van der Waals surface area contributed by atoms with Crippen LogP contribution < -0.4 is 10.6 Å². The Morgan fingerprint density at radius 1 is 1.50 bits per heavy atom. The summed E-state index contributed by atoms with van der Waals surface area (Å²) in [6.45, 7) is 0.123. The quantitative estimate of drug-likeness (QED) is 0.560. The van der Waals surface area contributed by atoms with Gasteiger partial charge in [0.25, 0.3) is 5.69 Å². The Bertz CT molecular complexity index is 677. The second-order valence-corrected chi connectivity index (χ2v) is 4.74. The Hall–Kier alpha value is -2.64. The summed E-state index contributed by atoms with van der Waals surface area (Å²) in [6, 6.07) is 4.70. The molecule has 3 N–H and O–H groups in total. The summed E-state index contributed by atoms with van der Waals surface area (Å²) >= 11 is 0. The molecule has 1 saturated carbocycles. The molecule has 0 saturated heterocycles. The number of fused-ring (bicyclic) bond motifs is 1. The summed E-state index contributed by atoms with van der Waals surface area (Å²) in [6.07, 6.45) is 2.08. The number of imidazole rings is 1. The fourth-order valence-corrected chi connectivity index (χ4v) is 1.87. The lowest BCUT2D eigenvalue weighted by atomic mass is 10.3. The van der Waals surface area contributed by atoms with Gasteiger partial charge in [-0.25, -0.2) is 4.98 Å². The van der Waals surface area contributed by atoms with Gasteiger partial charge in [0.15, 0.2) is 0 Å². The van der Waals surface area contributed by atoms with E-state index >= 15 is 0 Å². The summed E-state index contributed by atoms with van der Waals surface area (Å²) in [4.78, 5) is 28.9. The largest absolute Gasteiger partial charge is 0.352 e. The van der Waals surface area contributed by atoms with Crippen molar-refractivity contribution < 1.29 is 9.72 Å². The summed E-state index contributed by atoms with van der Waals surface area (Å²) in [5.41, 5.74) is 1.17. The highest BCUT2D eigenvalue weighted by molar-refractivity contribution is 5.83. The van der Waals surface area contributed by atoms with Gasteiger partial charge in [0, 0.05) is 18.2 Å². The smallest absolute Gasteiger partial charge is 0.271 e. The monoisotopic (exact) mass is 275 g/mol. The minimum Gasteiger partial charge on any atom is -0.352 e. The number of hydrogen-bond acceptors (Lipinski definition) is 5. The zero-order chi connectivity index (χ0) is 14.1. The Balaban J connectivity index is 1.68. The number of aromatic nitrogens is 2. The maximum absolute atomic E-state index is 11.5. The predicted molar refractivity (Wildman–Crippen MR) is 72.4 cm³/mol. The fraction of sp³-hybridized carbons (Fsp3) is 0.333. The number of amides is 1. The number of anilines is 1. The summed E-state index contributed by atoms with van der Waals surface area (Å²) in [5.74, 6) is 0.338. The molecule has 0 aliphatic heterocycles. The van der Waals surface area contributed by atoms with Crippen molar-refractivity contribution in [3.63, 3.8) is 0 Å². The predicted octanol–water partition coefficient (Wildman–Crippen LogP) is 1.16. The van der Waals surface area contributed by atoms with E-state index in [0.717, 1.165) is 12.8 Å². The van der Waals surface area contributed by atoms with Gasteiger partial charge in [-0.3, -0.25) is 14.9 Å². The molecule has 0 radical (unpaired) electrons. The molecule has 1 amide bonds. The van der Waals surface area contributed by atoms with Crippen molar-refractivity contribution in [2.45, 2.75) is 18.9 Å². The van der Waals surface area contributed by atoms with Crippen LogP contribution in [0.5, 0.6) is 0 Å². The molecule has 8 nitrogen and oxygen atoms in total. The van der Waals surface area contributed by atoms with Gasteiger partial charge < -0.3 is 15.6 Å². The number of H-pyrrole nitrogens is 1. The lowest BCUT2D eigenvalue weighted by molar-refractivity contribution is -0.384. The number of hydrogen-bond donors (Lipinski definition) is 3. The summed E-state index contributed by atoms with van der Waals surface area (Å²) in [5, 5.41) is 16.4.